The predicted molar refractivity (Wildman–Crippen MR) is 170 cm³/mol. The highest BCUT2D eigenvalue weighted by Gasteiger charge is 2.31. The van der Waals surface area contributed by atoms with Crippen LogP contribution in [0.5, 0.6) is 11.5 Å². The van der Waals surface area contributed by atoms with Crippen LogP contribution in [0, 0.1) is 5.92 Å². The first-order chi connectivity index (χ1) is 21.0. The third-order valence-electron chi connectivity index (χ3n) is 7.89. The van der Waals surface area contributed by atoms with Crippen molar-refractivity contribution in [2.45, 2.75) is 40.0 Å². The molecule has 8 heteroatoms. The average molecular weight is 584 g/mol. The van der Waals surface area contributed by atoms with Gasteiger partial charge in [0.2, 0.25) is 0 Å². The SMILES string of the molecule is CCOC(=O)C1CCN(CCc2ccc(NC(=C3C(=O)Nc4cc(OCC)c(OCC)cc43)c3ccccc3)cc2)CC1. The summed E-state index contributed by atoms with van der Waals surface area (Å²) < 4.78 is 16.9. The minimum atomic E-state index is -0.180. The molecule has 0 aromatic heterocycles. The number of nitrogens with zero attached hydrogens (tertiary/aromatic N) is 1. The van der Waals surface area contributed by atoms with Crippen molar-refractivity contribution in [3.8, 4) is 11.5 Å². The van der Waals surface area contributed by atoms with Crippen molar-refractivity contribution >= 4 is 34.5 Å². The topological polar surface area (TPSA) is 89.1 Å². The predicted octanol–water partition coefficient (Wildman–Crippen LogP) is 6.23. The molecule has 3 aromatic carbocycles. The summed E-state index contributed by atoms with van der Waals surface area (Å²) in [6.07, 6.45) is 2.64. The van der Waals surface area contributed by atoms with Gasteiger partial charge in [0.05, 0.1) is 42.7 Å². The number of amides is 1. The van der Waals surface area contributed by atoms with Crippen LogP contribution in [0.2, 0.25) is 0 Å². The maximum absolute atomic E-state index is 13.4. The second-order valence-electron chi connectivity index (χ2n) is 10.7. The average Bonchev–Trinajstić information content (AvgIpc) is 3.34. The highest BCUT2D eigenvalue weighted by Crippen LogP contribution is 2.43. The van der Waals surface area contributed by atoms with Crippen molar-refractivity contribution in [3.63, 3.8) is 0 Å². The van der Waals surface area contributed by atoms with Crippen LogP contribution in [-0.4, -0.2) is 56.2 Å². The van der Waals surface area contributed by atoms with Crippen LogP contribution in [0.4, 0.5) is 11.4 Å². The van der Waals surface area contributed by atoms with Crippen molar-refractivity contribution in [1.29, 1.82) is 0 Å². The van der Waals surface area contributed by atoms with E-state index in [1.165, 1.54) is 5.56 Å². The van der Waals surface area contributed by atoms with Crippen molar-refractivity contribution in [1.82, 2.24) is 4.90 Å². The molecule has 0 atom stereocenters. The van der Waals surface area contributed by atoms with Gasteiger partial charge in [-0.25, -0.2) is 0 Å². The summed E-state index contributed by atoms with van der Waals surface area (Å²) in [5, 5.41) is 6.57. The Bertz CT molecular complexity index is 1440. The van der Waals surface area contributed by atoms with Gasteiger partial charge in [0.1, 0.15) is 0 Å². The Hall–Kier alpha value is -4.30. The Kier molecular flexibility index (Phi) is 10.00. The number of nitrogens with one attached hydrogen (secondary N) is 2. The van der Waals surface area contributed by atoms with Crippen LogP contribution in [0.15, 0.2) is 66.7 Å². The molecule has 0 bridgehead atoms. The zero-order chi connectivity index (χ0) is 30.2. The first-order valence-electron chi connectivity index (χ1n) is 15.3. The summed E-state index contributed by atoms with van der Waals surface area (Å²) in [7, 11) is 0. The van der Waals surface area contributed by atoms with Crippen LogP contribution < -0.4 is 20.1 Å². The van der Waals surface area contributed by atoms with Crippen molar-refractivity contribution < 1.29 is 23.8 Å². The molecular formula is C35H41N3O5. The van der Waals surface area contributed by atoms with Gasteiger partial charge in [0.25, 0.3) is 5.91 Å². The molecule has 8 nitrogen and oxygen atoms in total. The molecule has 226 valence electrons. The molecule has 2 aliphatic heterocycles. The van der Waals surface area contributed by atoms with Gasteiger partial charge in [0, 0.05) is 23.9 Å². The van der Waals surface area contributed by atoms with Crippen LogP contribution >= 0.6 is 0 Å². The molecule has 5 rings (SSSR count). The number of ether oxygens (including phenoxy) is 3. The standard InChI is InChI=1S/C35H41N3O5/c1-4-41-30-22-28-29(23-31(30)42-5-2)37-34(39)32(28)33(25-10-8-7-9-11-25)36-27-14-12-24(13-15-27)16-19-38-20-17-26(18-21-38)35(40)43-6-3/h7-15,22-23,26,36H,4-6,16-21H2,1-3H3,(H,37,39). The van der Waals surface area contributed by atoms with E-state index in [1.807, 2.05) is 63.2 Å². The highest BCUT2D eigenvalue weighted by molar-refractivity contribution is 6.37. The van der Waals surface area contributed by atoms with E-state index in [-0.39, 0.29) is 17.8 Å². The van der Waals surface area contributed by atoms with Crippen molar-refractivity contribution in [3.05, 3.63) is 83.4 Å². The maximum atomic E-state index is 13.4. The number of piperidine rings is 1. The zero-order valence-electron chi connectivity index (χ0n) is 25.3. The molecule has 3 aromatic rings. The number of likely N-dealkylation sites (tertiary alicyclic amines) is 1. The Labute approximate surface area is 254 Å². The maximum Gasteiger partial charge on any atom is 0.309 e. The molecule has 43 heavy (non-hydrogen) atoms. The molecule has 0 radical (unpaired) electrons. The number of carbonyl (C=O) groups is 2. The number of fused-ring (bicyclic) bond motifs is 1. The fourth-order valence-electron chi connectivity index (χ4n) is 5.68. The van der Waals surface area contributed by atoms with E-state index < -0.39 is 0 Å². The van der Waals surface area contributed by atoms with Gasteiger partial charge in [-0.05, 0) is 82.4 Å². The largest absolute Gasteiger partial charge is 0.490 e. The molecule has 2 N–H and O–H groups in total. The molecule has 1 amide bonds. The molecule has 1 saturated heterocycles. The molecule has 2 aliphatic rings. The van der Waals surface area contributed by atoms with Crippen LogP contribution in [0.25, 0.3) is 11.3 Å². The lowest BCUT2D eigenvalue weighted by Crippen LogP contribution is -2.38. The molecule has 0 saturated carbocycles. The lowest BCUT2D eigenvalue weighted by atomic mass is 9.96. The summed E-state index contributed by atoms with van der Waals surface area (Å²) >= 11 is 0. The molecular weight excluding hydrogens is 542 g/mol. The van der Waals surface area contributed by atoms with E-state index in [2.05, 4.69) is 39.8 Å². The number of rotatable bonds is 12. The van der Waals surface area contributed by atoms with Gasteiger partial charge in [-0.1, -0.05) is 42.5 Å². The van der Waals surface area contributed by atoms with Gasteiger partial charge in [-0.3, -0.25) is 9.59 Å². The number of benzene rings is 3. The van der Waals surface area contributed by atoms with Crippen molar-refractivity contribution in [2.24, 2.45) is 5.92 Å². The summed E-state index contributed by atoms with van der Waals surface area (Å²) in [4.78, 5) is 27.9. The summed E-state index contributed by atoms with van der Waals surface area (Å²) in [6.45, 7) is 9.91. The van der Waals surface area contributed by atoms with E-state index in [9.17, 15) is 9.59 Å². The van der Waals surface area contributed by atoms with Gasteiger partial charge >= 0.3 is 5.97 Å². The molecule has 0 aliphatic carbocycles. The smallest absolute Gasteiger partial charge is 0.309 e. The summed E-state index contributed by atoms with van der Waals surface area (Å²) in [5.74, 6) is 1.01. The first kappa shape index (κ1) is 30.2. The molecule has 0 spiro atoms. The number of anilines is 2. The Morgan fingerprint density at radius 1 is 0.907 bits per heavy atom. The second kappa shape index (κ2) is 14.2. The third-order valence-corrected chi connectivity index (χ3v) is 7.89. The molecule has 0 unspecified atom stereocenters. The van der Waals surface area contributed by atoms with E-state index in [0.717, 1.165) is 61.4 Å². The lowest BCUT2D eigenvalue weighted by Gasteiger charge is -2.30. The highest BCUT2D eigenvalue weighted by atomic mass is 16.5. The minimum Gasteiger partial charge on any atom is -0.490 e. The fourth-order valence-corrected chi connectivity index (χ4v) is 5.68. The van der Waals surface area contributed by atoms with Crippen LogP contribution in [0.3, 0.4) is 0 Å². The van der Waals surface area contributed by atoms with Gasteiger partial charge in [-0.15, -0.1) is 0 Å². The van der Waals surface area contributed by atoms with Gasteiger partial charge < -0.3 is 29.7 Å². The Morgan fingerprint density at radius 3 is 2.23 bits per heavy atom. The van der Waals surface area contributed by atoms with Crippen molar-refractivity contribution in [2.75, 3.05) is 50.1 Å². The first-order valence-corrected chi connectivity index (χ1v) is 15.3. The second-order valence-corrected chi connectivity index (χ2v) is 10.7. The Morgan fingerprint density at radius 2 is 1.58 bits per heavy atom. The minimum absolute atomic E-state index is 0.0286. The molecule has 2 heterocycles. The van der Waals surface area contributed by atoms with E-state index >= 15 is 0 Å². The van der Waals surface area contributed by atoms with E-state index in [4.69, 9.17) is 14.2 Å². The summed E-state index contributed by atoms with van der Waals surface area (Å²) in [5.41, 5.74) is 5.78. The normalized spacial score (nSPS) is 16.3. The van der Waals surface area contributed by atoms with Gasteiger partial charge in [-0.2, -0.15) is 0 Å². The monoisotopic (exact) mass is 583 g/mol. The van der Waals surface area contributed by atoms with E-state index in [0.29, 0.717) is 42.6 Å². The number of hydrogen-bond acceptors (Lipinski definition) is 7. The summed E-state index contributed by atoms with van der Waals surface area (Å²) in [6, 6.07) is 22.0. The fraction of sp³-hybridized carbons (Fsp3) is 0.371. The Balaban J connectivity index is 1.34. The number of carbonyl (C=O) groups excluding carboxylic acids is 2. The third kappa shape index (κ3) is 7.20. The number of esters is 1. The van der Waals surface area contributed by atoms with Crippen LogP contribution in [-0.2, 0) is 20.7 Å². The lowest BCUT2D eigenvalue weighted by molar-refractivity contribution is -0.149. The molecule has 1 fully saturated rings. The van der Waals surface area contributed by atoms with E-state index in [1.54, 1.807) is 0 Å². The zero-order valence-corrected chi connectivity index (χ0v) is 25.3. The van der Waals surface area contributed by atoms with Crippen LogP contribution in [0.1, 0.15) is 50.3 Å². The quantitative estimate of drug-likeness (QED) is 0.193. The van der Waals surface area contributed by atoms with Gasteiger partial charge in [0.15, 0.2) is 11.5 Å². The number of hydrogen-bond donors (Lipinski definition) is 2.